The van der Waals surface area contributed by atoms with Crippen LogP contribution in [0.25, 0.3) is 0 Å². The predicted octanol–water partition coefficient (Wildman–Crippen LogP) is 3.71. The molecular weight excluding hydrogens is 268 g/mol. The zero-order valence-corrected chi connectivity index (χ0v) is 13.0. The fourth-order valence-electron chi connectivity index (χ4n) is 2.43. The third-order valence-electron chi connectivity index (χ3n) is 3.69. The molecule has 2 atom stereocenters. The molecule has 0 saturated carbocycles. The van der Waals surface area contributed by atoms with Crippen molar-refractivity contribution < 1.29 is 18.9 Å². The minimum atomic E-state index is 0.0314. The normalized spacial score (nSPS) is 22.2. The Morgan fingerprint density at radius 3 is 2.52 bits per heavy atom. The molecule has 1 saturated heterocycles. The van der Waals surface area contributed by atoms with Crippen molar-refractivity contribution in [2.45, 2.75) is 44.8 Å². The van der Waals surface area contributed by atoms with E-state index in [1.54, 1.807) is 7.11 Å². The largest absolute Gasteiger partial charge is 0.468 e. The van der Waals surface area contributed by atoms with Gasteiger partial charge in [0.15, 0.2) is 6.79 Å². The molecule has 1 fully saturated rings. The Morgan fingerprint density at radius 2 is 1.90 bits per heavy atom. The van der Waals surface area contributed by atoms with Gasteiger partial charge in [0.1, 0.15) is 11.9 Å². The number of ether oxygens (including phenoxy) is 4. The molecule has 0 spiro atoms. The van der Waals surface area contributed by atoms with E-state index in [1.165, 1.54) is 19.3 Å². The van der Waals surface area contributed by atoms with Crippen LogP contribution in [0.5, 0.6) is 5.75 Å². The van der Waals surface area contributed by atoms with E-state index in [1.807, 2.05) is 24.3 Å². The molecule has 21 heavy (non-hydrogen) atoms. The molecule has 1 aromatic rings. The van der Waals surface area contributed by atoms with Gasteiger partial charge in [0.05, 0.1) is 19.3 Å². The van der Waals surface area contributed by atoms with Gasteiger partial charge in [-0.1, -0.05) is 38.3 Å². The van der Waals surface area contributed by atoms with Crippen LogP contribution in [-0.4, -0.2) is 33.2 Å². The van der Waals surface area contributed by atoms with Crippen LogP contribution in [-0.2, 0) is 14.2 Å². The van der Waals surface area contributed by atoms with Crippen molar-refractivity contribution in [2.24, 2.45) is 0 Å². The lowest BCUT2D eigenvalue weighted by Crippen LogP contribution is -2.31. The predicted molar refractivity (Wildman–Crippen MR) is 81.5 cm³/mol. The molecule has 0 bridgehead atoms. The van der Waals surface area contributed by atoms with Crippen molar-refractivity contribution in [3.05, 3.63) is 29.8 Å². The van der Waals surface area contributed by atoms with Crippen LogP contribution in [0.2, 0.25) is 0 Å². The summed E-state index contributed by atoms with van der Waals surface area (Å²) in [7, 11) is 1.61. The number of rotatable bonds is 8. The molecule has 0 N–H and O–H groups in total. The van der Waals surface area contributed by atoms with E-state index < -0.39 is 0 Å². The summed E-state index contributed by atoms with van der Waals surface area (Å²) in [5.74, 6) is 0.801. The van der Waals surface area contributed by atoms with Crippen LogP contribution in [0.1, 0.15) is 44.3 Å². The first kappa shape index (κ1) is 16.3. The first-order valence-electron chi connectivity index (χ1n) is 7.78. The molecule has 2 rings (SSSR count). The number of benzene rings is 1. The van der Waals surface area contributed by atoms with Crippen LogP contribution >= 0.6 is 0 Å². The summed E-state index contributed by atoms with van der Waals surface area (Å²) in [6.45, 7) is 3.81. The van der Waals surface area contributed by atoms with E-state index in [0.29, 0.717) is 13.2 Å². The summed E-state index contributed by atoms with van der Waals surface area (Å²) in [6, 6.07) is 7.92. The highest BCUT2D eigenvalue weighted by Gasteiger charge is 2.23. The van der Waals surface area contributed by atoms with E-state index in [0.717, 1.165) is 17.7 Å². The molecule has 0 amide bonds. The van der Waals surface area contributed by atoms with Gasteiger partial charge in [-0.15, -0.1) is 0 Å². The van der Waals surface area contributed by atoms with Crippen LogP contribution in [0.15, 0.2) is 24.3 Å². The van der Waals surface area contributed by atoms with E-state index in [2.05, 4.69) is 6.92 Å². The molecule has 0 aromatic heterocycles. The van der Waals surface area contributed by atoms with Gasteiger partial charge >= 0.3 is 0 Å². The quantitative estimate of drug-likeness (QED) is 0.541. The van der Waals surface area contributed by atoms with Gasteiger partial charge in [-0.25, -0.2) is 0 Å². The Kier molecular flexibility index (Phi) is 7.00. The van der Waals surface area contributed by atoms with Gasteiger partial charge < -0.3 is 18.9 Å². The molecule has 1 aromatic carbocycles. The smallest absolute Gasteiger partial charge is 0.188 e. The van der Waals surface area contributed by atoms with Crippen LogP contribution < -0.4 is 4.74 Å². The van der Waals surface area contributed by atoms with Crippen molar-refractivity contribution in [3.8, 4) is 5.75 Å². The van der Waals surface area contributed by atoms with Gasteiger partial charge in [0.2, 0.25) is 0 Å². The number of unbranched alkanes of at least 4 members (excludes halogenated alkanes) is 2. The van der Waals surface area contributed by atoms with Gasteiger partial charge in [-0.3, -0.25) is 0 Å². The Bertz CT molecular complexity index is 382. The van der Waals surface area contributed by atoms with Crippen LogP contribution in [0, 0.1) is 0 Å². The maximum atomic E-state index is 5.94. The first-order chi connectivity index (χ1) is 10.3. The van der Waals surface area contributed by atoms with Gasteiger partial charge in [0, 0.05) is 7.11 Å². The highest BCUT2D eigenvalue weighted by Crippen LogP contribution is 2.26. The second kappa shape index (κ2) is 9.03. The first-order valence-corrected chi connectivity index (χ1v) is 7.78. The van der Waals surface area contributed by atoms with E-state index in [-0.39, 0.29) is 19.0 Å². The summed E-state index contributed by atoms with van der Waals surface area (Å²) >= 11 is 0. The van der Waals surface area contributed by atoms with Crippen LogP contribution in [0.4, 0.5) is 0 Å². The second-order valence-corrected chi connectivity index (χ2v) is 5.39. The van der Waals surface area contributed by atoms with E-state index >= 15 is 0 Å². The highest BCUT2D eigenvalue weighted by atomic mass is 16.7. The fraction of sp³-hybridized carbons (Fsp3) is 0.647. The summed E-state index contributed by atoms with van der Waals surface area (Å²) in [4.78, 5) is 0. The van der Waals surface area contributed by atoms with E-state index in [9.17, 15) is 0 Å². The minimum Gasteiger partial charge on any atom is -0.468 e. The van der Waals surface area contributed by atoms with Crippen molar-refractivity contribution in [3.63, 3.8) is 0 Å². The van der Waals surface area contributed by atoms with E-state index in [4.69, 9.17) is 18.9 Å². The van der Waals surface area contributed by atoms with Gasteiger partial charge in [-0.2, -0.15) is 0 Å². The summed E-state index contributed by atoms with van der Waals surface area (Å²) < 4.78 is 22.1. The zero-order valence-electron chi connectivity index (χ0n) is 13.0. The zero-order chi connectivity index (χ0) is 14.9. The highest BCUT2D eigenvalue weighted by molar-refractivity contribution is 5.28. The summed E-state index contributed by atoms with van der Waals surface area (Å²) in [5, 5.41) is 0. The Labute approximate surface area is 127 Å². The number of hydrogen-bond acceptors (Lipinski definition) is 4. The molecule has 4 heteroatoms. The third-order valence-corrected chi connectivity index (χ3v) is 3.69. The molecular formula is C17H26O4. The molecule has 118 valence electrons. The molecule has 1 aliphatic rings. The average Bonchev–Trinajstić information content (AvgIpc) is 2.54. The molecule has 4 nitrogen and oxygen atoms in total. The third kappa shape index (κ3) is 5.30. The monoisotopic (exact) mass is 294 g/mol. The van der Waals surface area contributed by atoms with Crippen LogP contribution in [0.3, 0.4) is 0 Å². The van der Waals surface area contributed by atoms with Gasteiger partial charge in [0.25, 0.3) is 0 Å². The standard InChI is InChI=1S/C17H26O4/c1-3-4-5-6-16-11-20-17(12-19-16)14-7-9-15(10-8-14)21-13-18-2/h7-10,16-17H,3-6,11-13H2,1-2H3. The number of hydrogen-bond donors (Lipinski definition) is 0. The van der Waals surface area contributed by atoms with Crippen molar-refractivity contribution in [1.82, 2.24) is 0 Å². The maximum absolute atomic E-state index is 5.94. The van der Waals surface area contributed by atoms with Crippen molar-refractivity contribution in [1.29, 1.82) is 0 Å². The fourth-order valence-corrected chi connectivity index (χ4v) is 2.43. The molecule has 1 aliphatic heterocycles. The van der Waals surface area contributed by atoms with Crippen molar-refractivity contribution in [2.75, 3.05) is 27.1 Å². The molecule has 0 aliphatic carbocycles. The summed E-state index contributed by atoms with van der Waals surface area (Å²) in [5.41, 5.74) is 1.13. The Morgan fingerprint density at radius 1 is 1.10 bits per heavy atom. The molecule has 1 heterocycles. The lowest BCUT2D eigenvalue weighted by atomic mass is 10.1. The second-order valence-electron chi connectivity index (χ2n) is 5.39. The minimum absolute atomic E-state index is 0.0314. The molecule has 0 radical (unpaired) electrons. The Balaban J connectivity index is 1.76. The van der Waals surface area contributed by atoms with Gasteiger partial charge in [-0.05, 0) is 24.1 Å². The Hall–Kier alpha value is -1.10. The average molecular weight is 294 g/mol. The topological polar surface area (TPSA) is 36.9 Å². The maximum Gasteiger partial charge on any atom is 0.188 e. The SMILES string of the molecule is CCCCCC1COC(c2ccc(OCOC)cc2)CO1. The molecule has 2 unspecified atom stereocenters. The van der Waals surface area contributed by atoms with Crippen molar-refractivity contribution >= 4 is 0 Å². The number of methoxy groups -OCH3 is 1. The lowest BCUT2D eigenvalue weighted by molar-refractivity contribution is -0.137. The summed E-state index contributed by atoms with van der Waals surface area (Å²) in [6.07, 6.45) is 5.13. The lowest BCUT2D eigenvalue weighted by Gasteiger charge is -2.30.